The molecule has 0 spiro atoms. The number of nitrogens with zero attached hydrogens (tertiary/aromatic N) is 1. The van der Waals surface area contributed by atoms with E-state index in [1.54, 1.807) is 0 Å². The Morgan fingerprint density at radius 1 is 1.44 bits per heavy atom. The first-order valence-electron chi connectivity index (χ1n) is 6.11. The molecule has 2 nitrogen and oxygen atoms in total. The van der Waals surface area contributed by atoms with Crippen LogP contribution < -0.4 is 5.73 Å². The van der Waals surface area contributed by atoms with Gasteiger partial charge in [-0.2, -0.15) is 0 Å². The van der Waals surface area contributed by atoms with E-state index in [-0.39, 0.29) is 0 Å². The van der Waals surface area contributed by atoms with E-state index >= 15 is 0 Å². The highest BCUT2D eigenvalue weighted by Crippen LogP contribution is 2.33. The first kappa shape index (κ1) is 12.1. The van der Waals surface area contributed by atoms with E-state index in [0.29, 0.717) is 6.04 Å². The smallest absolute Gasteiger partial charge is 0.0567 e. The van der Waals surface area contributed by atoms with Crippen molar-refractivity contribution in [1.29, 1.82) is 0 Å². The van der Waals surface area contributed by atoms with Crippen LogP contribution in [0.15, 0.2) is 11.4 Å². The van der Waals surface area contributed by atoms with Crippen molar-refractivity contribution in [3.63, 3.8) is 0 Å². The lowest BCUT2D eigenvalue weighted by Crippen LogP contribution is -2.32. The highest BCUT2D eigenvalue weighted by molar-refractivity contribution is 7.10. The number of thiophene rings is 1. The lowest BCUT2D eigenvalue weighted by Gasteiger charge is -2.26. The van der Waals surface area contributed by atoms with Gasteiger partial charge in [-0.25, -0.2) is 0 Å². The lowest BCUT2D eigenvalue weighted by molar-refractivity contribution is 0.243. The van der Waals surface area contributed by atoms with Gasteiger partial charge < -0.3 is 5.73 Å². The van der Waals surface area contributed by atoms with Gasteiger partial charge in [0.2, 0.25) is 0 Å². The van der Waals surface area contributed by atoms with Crippen molar-refractivity contribution in [2.75, 3.05) is 19.6 Å². The van der Waals surface area contributed by atoms with Crippen molar-refractivity contribution in [3.8, 4) is 0 Å². The third-order valence-corrected chi connectivity index (χ3v) is 5.00. The second-order valence-electron chi connectivity index (χ2n) is 5.13. The van der Waals surface area contributed by atoms with Crippen LogP contribution in [0, 0.1) is 18.8 Å². The summed E-state index contributed by atoms with van der Waals surface area (Å²) in [6.07, 6.45) is 0. The van der Waals surface area contributed by atoms with E-state index in [4.69, 9.17) is 5.73 Å². The summed E-state index contributed by atoms with van der Waals surface area (Å²) in [5.41, 5.74) is 7.36. The molecule has 16 heavy (non-hydrogen) atoms. The Morgan fingerprint density at radius 3 is 2.50 bits per heavy atom. The number of likely N-dealkylation sites (tertiary alicyclic amines) is 1. The molecule has 1 fully saturated rings. The van der Waals surface area contributed by atoms with E-state index in [9.17, 15) is 0 Å². The second kappa shape index (κ2) is 4.86. The molecule has 90 valence electrons. The van der Waals surface area contributed by atoms with Crippen LogP contribution in [-0.2, 0) is 0 Å². The molecule has 2 N–H and O–H groups in total. The fourth-order valence-electron chi connectivity index (χ4n) is 2.58. The molecule has 0 saturated carbocycles. The Hall–Kier alpha value is -0.380. The Bertz CT molecular complexity index is 337. The van der Waals surface area contributed by atoms with Crippen molar-refractivity contribution in [1.82, 2.24) is 4.90 Å². The van der Waals surface area contributed by atoms with Gasteiger partial charge in [0.1, 0.15) is 0 Å². The van der Waals surface area contributed by atoms with Crippen molar-refractivity contribution in [2.45, 2.75) is 26.8 Å². The van der Waals surface area contributed by atoms with E-state index in [1.807, 2.05) is 11.3 Å². The van der Waals surface area contributed by atoms with Gasteiger partial charge in [0.15, 0.2) is 0 Å². The van der Waals surface area contributed by atoms with E-state index in [0.717, 1.165) is 18.4 Å². The zero-order valence-electron chi connectivity index (χ0n) is 10.4. The van der Waals surface area contributed by atoms with Crippen LogP contribution in [0.5, 0.6) is 0 Å². The quantitative estimate of drug-likeness (QED) is 0.877. The van der Waals surface area contributed by atoms with Gasteiger partial charge >= 0.3 is 0 Å². The molecule has 1 aliphatic heterocycles. The van der Waals surface area contributed by atoms with Crippen LogP contribution >= 0.6 is 11.3 Å². The molecule has 2 rings (SSSR count). The Kier molecular flexibility index (Phi) is 3.67. The molecule has 1 aliphatic rings. The first-order valence-corrected chi connectivity index (χ1v) is 6.99. The molecular formula is C13H22N2S. The Labute approximate surface area is 102 Å². The maximum absolute atomic E-state index is 5.97. The van der Waals surface area contributed by atoms with E-state index in [1.165, 1.54) is 23.5 Å². The predicted molar refractivity (Wildman–Crippen MR) is 70.8 cm³/mol. The maximum atomic E-state index is 5.97. The van der Waals surface area contributed by atoms with Crippen molar-refractivity contribution in [2.24, 2.45) is 17.6 Å². The molecule has 0 aromatic carbocycles. The van der Waals surface area contributed by atoms with Crippen molar-refractivity contribution in [3.05, 3.63) is 21.9 Å². The van der Waals surface area contributed by atoms with E-state index in [2.05, 4.69) is 37.1 Å². The molecule has 1 aromatic heterocycles. The van der Waals surface area contributed by atoms with Crippen molar-refractivity contribution >= 4 is 11.3 Å². The van der Waals surface area contributed by atoms with Crippen LogP contribution in [0.3, 0.4) is 0 Å². The molecule has 3 unspecified atom stereocenters. The zero-order valence-corrected chi connectivity index (χ0v) is 11.3. The normalized spacial score (nSPS) is 28.5. The van der Waals surface area contributed by atoms with E-state index < -0.39 is 0 Å². The van der Waals surface area contributed by atoms with Crippen LogP contribution in [0.25, 0.3) is 0 Å². The molecule has 1 aromatic rings. The molecule has 0 bridgehead atoms. The van der Waals surface area contributed by atoms with Crippen molar-refractivity contribution < 1.29 is 0 Å². The third-order valence-electron chi connectivity index (χ3n) is 3.88. The summed E-state index contributed by atoms with van der Waals surface area (Å²) in [7, 11) is 0. The lowest BCUT2D eigenvalue weighted by atomic mass is 10.0. The monoisotopic (exact) mass is 238 g/mol. The molecular weight excluding hydrogens is 216 g/mol. The maximum Gasteiger partial charge on any atom is 0.0567 e. The minimum Gasteiger partial charge on any atom is -0.329 e. The predicted octanol–water partition coefficient (Wildman–Crippen LogP) is 2.64. The summed E-state index contributed by atoms with van der Waals surface area (Å²) < 4.78 is 0. The third kappa shape index (κ3) is 2.17. The first-order chi connectivity index (χ1) is 7.63. The van der Waals surface area contributed by atoms with Gasteiger partial charge in [-0.3, -0.25) is 4.90 Å². The van der Waals surface area contributed by atoms with Gasteiger partial charge in [0.05, 0.1) is 6.04 Å². The zero-order chi connectivity index (χ0) is 11.7. The van der Waals surface area contributed by atoms with Crippen LogP contribution in [0.1, 0.15) is 30.3 Å². The molecule has 3 heteroatoms. The average Bonchev–Trinajstić information content (AvgIpc) is 2.78. The molecule has 3 atom stereocenters. The summed E-state index contributed by atoms with van der Waals surface area (Å²) in [6, 6.07) is 2.64. The largest absolute Gasteiger partial charge is 0.329 e. The number of hydrogen-bond donors (Lipinski definition) is 1. The number of aryl methyl sites for hydroxylation is 1. The minimum atomic E-state index is 0.437. The summed E-state index contributed by atoms with van der Waals surface area (Å²) in [5.74, 6) is 1.60. The highest BCUT2D eigenvalue weighted by atomic mass is 32.1. The highest BCUT2D eigenvalue weighted by Gasteiger charge is 2.31. The fraction of sp³-hybridized carbons (Fsp3) is 0.692. The molecule has 0 aliphatic carbocycles. The van der Waals surface area contributed by atoms with Gasteiger partial charge in [-0.1, -0.05) is 13.8 Å². The fourth-order valence-corrected chi connectivity index (χ4v) is 3.65. The summed E-state index contributed by atoms with van der Waals surface area (Å²) in [5, 5.41) is 2.18. The van der Waals surface area contributed by atoms with Crippen LogP contribution in [-0.4, -0.2) is 24.5 Å². The summed E-state index contributed by atoms with van der Waals surface area (Å²) in [4.78, 5) is 4.03. The minimum absolute atomic E-state index is 0.437. The molecule has 0 amide bonds. The summed E-state index contributed by atoms with van der Waals surface area (Å²) in [6.45, 7) is 10.0. The van der Waals surface area contributed by atoms with Gasteiger partial charge in [0, 0.05) is 24.5 Å². The summed E-state index contributed by atoms with van der Waals surface area (Å²) >= 11 is 1.85. The molecule has 1 saturated heterocycles. The second-order valence-corrected chi connectivity index (χ2v) is 6.08. The number of nitrogens with two attached hydrogens (primary N) is 1. The van der Waals surface area contributed by atoms with Gasteiger partial charge in [0.25, 0.3) is 0 Å². The molecule has 2 heterocycles. The Morgan fingerprint density at radius 2 is 2.06 bits per heavy atom. The number of rotatable bonds is 3. The number of hydrogen-bond acceptors (Lipinski definition) is 3. The van der Waals surface area contributed by atoms with Crippen LogP contribution in [0.4, 0.5) is 0 Å². The van der Waals surface area contributed by atoms with Gasteiger partial charge in [-0.05, 0) is 35.8 Å². The molecule has 0 radical (unpaired) electrons. The SMILES string of the molecule is Cc1ccsc1C(CN)N1CC(C)C(C)C1. The average molecular weight is 238 g/mol. The standard InChI is InChI=1S/C13H22N2S/c1-9-4-5-16-13(9)12(6-14)15-7-10(2)11(3)8-15/h4-5,10-12H,6-8,14H2,1-3H3. The topological polar surface area (TPSA) is 29.3 Å². The Balaban J connectivity index is 2.15. The van der Waals surface area contributed by atoms with Crippen LogP contribution in [0.2, 0.25) is 0 Å². The van der Waals surface area contributed by atoms with Gasteiger partial charge in [-0.15, -0.1) is 11.3 Å².